The molecule has 2 heterocycles. The fourth-order valence-electron chi connectivity index (χ4n) is 1.24. The molecule has 2 aromatic rings. The van der Waals surface area contributed by atoms with Crippen molar-refractivity contribution in [2.24, 2.45) is 0 Å². The number of aromatic nitrogens is 3. The summed E-state index contributed by atoms with van der Waals surface area (Å²) < 4.78 is 1.35. The maximum absolute atomic E-state index is 10.7. The fourth-order valence-corrected chi connectivity index (χ4v) is 1.24. The van der Waals surface area contributed by atoms with Gasteiger partial charge in [0.05, 0.1) is 5.69 Å². The maximum atomic E-state index is 10.7. The van der Waals surface area contributed by atoms with Crippen LogP contribution >= 0.6 is 0 Å². The molecule has 0 amide bonds. The first-order valence-electron chi connectivity index (χ1n) is 4.46. The molecule has 17 heavy (non-hydrogen) atoms. The Balaban J connectivity index is 2.42. The van der Waals surface area contributed by atoms with Gasteiger partial charge in [-0.1, -0.05) is 0 Å². The minimum absolute atomic E-state index is 0.140. The van der Waals surface area contributed by atoms with Crippen LogP contribution in [-0.2, 0) is 0 Å². The van der Waals surface area contributed by atoms with Crippen molar-refractivity contribution < 1.29 is 14.8 Å². The predicted octanol–water partition coefficient (Wildman–Crippen LogP) is 0.874. The summed E-state index contributed by atoms with van der Waals surface area (Å²) in [4.78, 5) is 27.7. The second kappa shape index (κ2) is 4.00. The number of imidazole rings is 1. The Morgan fingerprint density at radius 2 is 2.24 bits per heavy atom. The largest absolute Gasteiger partial charge is 0.477 e. The highest BCUT2D eigenvalue weighted by atomic mass is 16.6. The molecule has 1 N–H and O–H groups in total. The van der Waals surface area contributed by atoms with E-state index in [1.165, 1.54) is 35.4 Å². The van der Waals surface area contributed by atoms with Gasteiger partial charge in [-0.2, -0.15) is 0 Å². The third-order valence-electron chi connectivity index (χ3n) is 2.02. The van der Waals surface area contributed by atoms with Gasteiger partial charge in [0.2, 0.25) is 6.33 Å². The van der Waals surface area contributed by atoms with Crippen molar-refractivity contribution in [1.29, 1.82) is 0 Å². The second-order valence-electron chi connectivity index (χ2n) is 3.10. The molecule has 0 aliphatic heterocycles. The van der Waals surface area contributed by atoms with Crippen molar-refractivity contribution in [2.75, 3.05) is 0 Å². The van der Waals surface area contributed by atoms with Crippen molar-refractivity contribution in [1.82, 2.24) is 14.5 Å². The fraction of sp³-hybridized carbons (Fsp3) is 0. The summed E-state index contributed by atoms with van der Waals surface area (Å²) in [6, 6.07) is 2.82. The zero-order valence-electron chi connectivity index (χ0n) is 8.35. The highest BCUT2D eigenvalue weighted by Crippen LogP contribution is 2.13. The van der Waals surface area contributed by atoms with Crippen LogP contribution in [0.15, 0.2) is 30.9 Å². The van der Waals surface area contributed by atoms with Gasteiger partial charge in [0.15, 0.2) is 0 Å². The summed E-state index contributed by atoms with van der Waals surface area (Å²) in [6.07, 6.45) is 3.74. The van der Waals surface area contributed by atoms with E-state index in [4.69, 9.17) is 5.11 Å². The van der Waals surface area contributed by atoms with Crippen LogP contribution in [0.4, 0.5) is 5.82 Å². The van der Waals surface area contributed by atoms with E-state index in [9.17, 15) is 14.9 Å². The molecule has 2 rings (SSSR count). The first-order valence-corrected chi connectivity index (χ1v) is 4.46. The number of rotatable bonds is 3. The minimum Gasteiger partial charge on any atom is -0.477 e. The molecule has 0 aromatic carbocycles. The summed E-state index contributed by atoms with van der Waals surface area (Å²) in [7, 11) is 0. The lowest BCUT2D eigenvalue weighted by atomic mass is 10.3. The van der Waals surface area contributed by atoms with E-state index in [1.54, 1.807) is 0 Å². The molecule has 86 valence electrons. The molecular weight excluding hydrogens is 228 g/mol. The van der Waals surface area contributed by atoms with Gasteiger partial charge < -0.3 is 15.2 Å². The SMILES string of the molecule is O=C(O)c1cc(-n2cnc([N+](=O)[O-])c2)ccn1. The monoisotopic (exact) mass is 234 g/mol. The number of carboxylic acids is 1. The molecule has 0 aliphatic carbocycles. The zero-order valence-corrected chi connectivity index (χ0v) is 8.35. The minimum atomic E-state index is -1.17. The Labute approximate surface area is 94.3 Å². The van der Waals surface area contributed by atoms with Gasteiger partial charge >= 0.3 is 11.8 Å². The lowest BCUT2D eigenvalue weighted by Crippen LogP contribution is -2.01. The molecule has 0 spiro atoms. The number of pyridine rings is 1. The standard InChI is InChI=1S/C9H6N4O4/c14-9(15)7-3-6(1-2-10-7)12-4-8(11-5-12)13(16)17/h1-5H,(H,14,15). The number of hydrogen-bond donors (Lipinski definition) is 1. The quantitative estimate of drug-likeness (QED) is 0.623. The molecule has 0 saturated carbocycles. The third kappa shape index (κ3) is 2.09. The number of aromatic carboxylic acids is 1. The van der Waals surface area contributed by atoms with Crippen LogP contribution in [0, 0.1) is 10.1 Å². The zero-order chi connectivity index (χ0) is 12.4. The summed E-state index contributed by atoms with van der Waals surface area (Å²) in [5, 5.41) is 19.2. The van der Waals surface area contributed by atoms with Crippen LogP contribution in [0.25, 0.3) is 5.69 Å². The van der Waals surface area contributed by atoms with Gasteiger partial charge in [-0.25, -0.2) is 9.78 Å². The molecule has 0 radical (unpaired) electrons. The normalized spacial score (nSPS) is 10.1. The summed E-state index contributed by atoms with van der Waals surface area (Å²) in [5.74, 6) is -1.47. The Hall–Kier alpha value is -2.77. The Kier molecular flexibility index (Phi) is 2.53. The first kappa shape index (κ1) is 10.7. The molecule has 2 aromatic heterocycles. The van der Waals surface area contributed by atoms with E-state index in [0.717, 1.165) is 0 Å². The lowest BCUT2D eigenvalue weighted by Gasteiger charge is -2.00. The Bertz CT molecular complexity index is 592. The van der Waals surface area contributed by atoms with Crippen LogP contribution < -0.4 is 0 Å². The van der Waals surface area contributed by atoms with Gasteiger partial charge in [0.1, 0.15) is 11.9 Å². The highest BCUT2D eigenvalue weighted by molar-refractivity contribution is 5.85. The van der Waals surface area contributed by atoms with Gasteiger partial charge in [-0.3, -0.25) is 4.57 Å². The van der Waals surface area contributed by atoms with Gasteiger partial charge in [-0.15, -0.1) is 0 Å². The average molecular weight is 234 g/mol. The Morgan fingerprint density at radius 3 is 2.82 bits per heavy atom. The third-order valence-corrected chi connectivity index (χ3v) is 2.02. The molecule has 8 heteroatoms. The topological polar surface area (TPSA) is 111 Å². The molecule has 0 atom stereocenters. The van der Waals surface area contributed by atoms with E-state index in [1.807, 2.05) is 0 Å². The Morgan fingerprint density at radius 1 is 1.47 bits per heavy atom. The average Bonchev–Trinajstić information content (AvgIpc) is 2.78. The summed E-state index contributed by atoms with van der Waals surface area (Å²) >= 11 is 0. The van der Waals surface area contributed by atoms with Crippen molar-refractivity contribution in [3.63, 3.8) is 0 Å². The van der Waals surface area contributed by atoms with Crippen molar-refractivity contribution in [3.05, 3.63) is 46.7 Å². The van der Waals surface area contributed by atoms with Crippen LogP contribution in [0.2, 0.25) is 0 Å². The number of carbonyl (C=O) groups is 1. The molecule has 0 fully saturated rings. The molecule has 0 saturated heterocycles. The van der Waals surface area contributed by atoms with E-state index < -0.39 is 10.9 Å². The molecule has 0 unspecified atom stereocenters. The van der Waals surface area contributed by atoms with E-state index >= 15 is 0 Å². The van der Waals surface area contributed by atoms with Crippen LogP contribution in [0.5, 0.6) is 0 Å². The predicted molar refractivity (Wildman–Crippen MR) is 55.0 cm³/mol. The molecule has 8 nitrogen and oxygen atoms in total. The van der Waals surface area contributed by atoms with Crippen LogP contribution in [0.3, 0.4) is 0 Å². The van der Waals surface area contributed by atoms with E-state index in [2.05, 4.69) is 9.97 Å². The van der Waals surface area contributed by atoms with Crippen LogP contribution in [-0.4, -0.2) is 30.5 Å². The number of nitro groups is 1. The first-order chi connectivity index (χ1) is 8.08. The second-order valence-corrected chi connectivity index (χ2v) is 3.10. The van der Waals surface area contributed by atoms with Crippen molar-refractivity contribution in [2.45, 2.75) is 0 Å². The number of carboxylic acid groups (broad SMARTS) is 1. The lowest BCUT2D eigenvalue weighted by molar-refractivity contribution is -0.389. The van der Waals surface area contributed by atoms with Crippen LogP contribution in [0.1, 0.15) is 10.5 Å². The smallest absolute Gasteiger partial charge is 0.381 e. The van der Waals surface area contributed by atoms with Gasteiger partial charge in [0, 0.05) is 6.20 Å². The van der Waals surface area contributed by atoms with Gasteiger partial charge in [-0.05, 0) is 22.0 Å². The molecule has 0 aliphatic rings. The maximum Gasteiger partial charge on any atom is 0.381 e. The van der Waals surface area contributed by atoms with Crippen molar-refractivity contribution >= 4 is 11.8 Å². The molecule has 0 bridgehead atoms. The summed E-state index contributed by atoms with van der Waals surface area (Å²) in [6.45, 7) is 0. The van der Waals surface area contributed by atoms with Gasteiger partial charge in [0.25, 0.3) is 0 Å². The van der Waals surface area contributed by atoms with Crippen molar-refractivity contribution in [3.8, 4) is 5.69 Å². The number of hydrogen-bond acceptors (Lipinski definition) is 5. The van der Waals surface area contributed by atoms with E-state index in [0.29, 0.717) is 5.69 Å². The number of nitrogens with zero attached hydrogens (tertiary/aromatic N) is 4. The highest BCUT2D eigenvalue weighted by Gasteiger charge is 2.12. The molecular formula is C9H6N4O4. The summed E-state index contributed by atoms with van der Waals surface area (Å²) in [5.41, 5.74) is 0.303. The van der Waals surface area contributed by atoms with E-state index in [-0.39, 0.29) is 11.5 Å².